The van der Waals surface area contributed by atoms with Crippen molar-refractivity contribution in [1.82, 2.24) is 9.80 Å². The highest BCUT2D eigenvalue weighted by Gasteiger charge is 2.27. The quantitative estimate of drug-likeness (QED) is 0.641. The van der Waals surface area contributed by atoms with Crippen molar-refractivity contribution in [2.45, 2.75) is 19.3 Å². The van der Waals surface area contributed by atoms with Crippen LogP contribution in [0.3, 0.4) is 0 Å². The Kier molecular flexibility index (Phi) is 6.03. The lowest BCUT2D eigenvalue weighted by molar-refractivity contribution is -0.127. The second-order valence-corrected chi connectivity index (χ2v) is 4.71. The fraction of sp³-hybridized carbons (Fsp3) is 0.769. The van der Waals surface area contributed by atoms with Crippen molar-refractivity contribution in [3.05, 3.63) is 0 Å². The number of nitrogens with zero attached hydrogens (tertiary/aromatic N) is 2. The number of carbonyl (C=O) groups is 1. The molecule has 1 atom stereocenters. The van der Waals surface area contributed by atoms with E-state index in [9.17, 15) is 4.79 Å². The topological polar surface area (TPSA) is 49.6 Å². The molecule has 96 valence electrons. The lowest BCUT2D eigenvalue weighted by Gasteiger charge is -2.19. The molecule has 0 aromatic carbocycles. The van der Waals surface area contributed by atoms with E-state index in [-0.39, 0.29) is 11.8 Å². The van der Waals surface area contributed by atoms with Gasteiger partial charge in [0.05, 0.1) is 0 Å². The van der Waals surface area contributed by atoms with Crippen LogP contribution < -0.4 is 5.73 Å². The molecule has 1 saturated heterocycles. The minimum absolute atomic E-state index is 0.123. The summed E-state index contributed by atoms with van der Waals surface area (Å²) in [7, 11) is 2.09. The molecular weight excluding hydrogens is 214 g/mol. The molecule has 0 radical (unpaired) electrons. The van der Waals surface area contributed by atoms with E-state index in [1.165, 1.54) is 0 Å². The van der Waals surface area contributed by atoms with E-state index in [4.69, 9.17) is 12.2 Å². The number of hydrogen-bond acceptors (Lipinski definition) is 3. The Hall–Kier alpha value is -1.05. The van der Waals surface area contributed by atoms with Crippen LogP contribution >= 0.6 is 0 Å². The highest BCUT2D eigenvalue weighted by Crippen LogP contribution is 2.16. The Morgan fingerprint density at radius 2 is 2.24 bits per heavy atom. The summed E-state index contributed by atoms with van der Waals surface area (Å²) in [5, 5.41) is 0. The van der Waals surface area contributed by atoms with E-state index in [1.807, 2.05) is 4.90 Å². The van der Waals surface area contributed by atoms with Crippen molar-refractivity contribution in [3.63, 3.8) is 0 Å². The maximum Gasteiger partial charge on any atom is 0.223 e. The molecule has 1 aliphatic heterocycles. The number of hydrogen-bond donors (Lipinski definition) is 1. The van der Waals surface area contributed by atoms with Gasteiger partial charge in [0.25, 0.3) is 0 Å². The average Bonchev–Trinajstić information content (AvgIpc) is 2.68. The summed E-state index contributed by atoms with van der Waals surface area (Å²) in [6.45, 7) is 4.33. The molecule has 0 spiro atoms. The molecule has 1 rings (SSSR count). The first kappa shape index (κ1) is 14.0. The maximum absolute atomic E-state index is 11.6. The van der Waals surface area contributed by atoms with Gasteiger partial charge in [0.15, 0.2) is 0 Å². The highest BCUT2D eigenvalue weighted by molar-refractivity contribution is 5.79. The van der Waals surface area contributed by atoms with Crippen LogP contribution in [0.5, 0.6) is 0 Å². The molecule has 4 heteroatoms. The van der Waals surface area contributed by atoms with Crippen molar-refractivity contribution >= 4 is 5.91 Å². The van der Waals surface area contributed by atoms with Gasteiger partial charge in [-0.25, -0.2) is 0 Å². The summed E-state index contributed by atoms with van der Waals surface area (Å²) < 4.78 is 0. The molecular formula is C13H23N3O. The molecule has 0 aliphatic carbocycles. The third-order valence-corrected chi connectivity index (χ3v) is 3.16. The summed E-state index contributed by atoms with van der Waals surface area (Å²) in [5.41, 5.74) is 5.46. The lowest BCUT2D eigenvalue weighted by atomic mass is 10.1. The molecule has 1 unspecified atom stereocenters. The number of nitrogens with two attached hydrogens (primary N) is 1. The molecule has 0 bridgehead atoms. The second kappa shape index (κ2) is 7.31. The zero-order valence-electron chi connectivity index (χ0n) is 10.7. The van der Waals surface area contributed by atoms with Crippen LogP contribution in [0.15, 0.2) is 0 Å². The van der Waals surface area contributed by atoms with Crippen LogP contribution in [0.2, 0.25) is 0 Å². The molecule has 2 N–H and O–H groups in total. The van der Waals surface area contributed by atoms with Crippen molar-refractivity contribution in [2.24, 2.45) is 11.7 Å². The predicted molar refractivity (Wildman–Crippen MR) is 69.3 cm³/mol. The molecule has 4 nitrogen and oxygen atoms in total. The van der Waals surface area contributed by atoms with E-state index >= 15 is 0 Å². The second-order valence-electron chi connectivity index (χ2n) is 4.71. The van der Waals surface area contributed by atoms with Crippen LogP contribution in [0, 0.1) is 18.3 Å². The fourth-order valence-electron chi connectivity index (χ4n) is 2.10. The predicted octanol–water partition coefficient (Wildman–Crippen LogP) is 0.139. The van der Waals surface area contributed by atoms with Crippen molar-refractivity contribution in [1.29, 1.82) is 0 Å². The van der Waals surface area contributed by atoms with Gasteiger partial charge in [-0.1, -0.05) is 0 Å². The van der Waals surface area contributed by atoms with Crippen LogP contribution in [0.4, 0.5) is 0 Å². The molecule has 0 aromatic rings. The first-order valence-electron chi connectivity index (χ1n) is 6.30. The molecule has 1 aliphatic rings. The zero-order valence-corrected chi connectivity index (χ0v) is 10.7. The van der Waals surface area contributed by atoms with Gasteiger partial charge in [-0.05, 0) is 39.5 Å². The Labute approximate surface area is 104 Å². The van der Waals surface area contributed by atoms with Crippen LogP contribution in [0.1, 0.15) is 19.3 Å². The van der Waals surface area contributed by atoms with Crippen molar-refractivity contribution in [2.75, 3.05) is 39.8 Å². The van der Waals surface area contributed by atoms with Gasteiger partial charge in [0.1, 0.15) is 0 Å². The SMILES string of the molecule is C#CC1CC(=O)N(CCCN(C)CCCN)C1. The molecule has 1 fully saturated rings. The lowest BCUT2D eigenvalue weighted by Crippen LogP contribution is -2.30. The van der Waals surface area contributed by atoms with Gasteiger partial charge in [0.2, 0.25) is 5.91 Å². The Morgan fingerprint density at radius 3 is 2.82 bits per heavy atom. The van der Waals surface area contributed by atoms with E-state index < -0.39 is 0 Å². The Bertz CT molecular complexity index is 285. The van der Waals surface area contributed by atoms with E-state index in [0.29, 0.717) is 6.42 Å². The zero-order chi connectivity index (χ0) is 12.7. The molecule has 0 aromatic heterocycles. The summed E-state index contributed by atoms with van der Waals surface area (Å²) in [4.78, 5) is 15.7. The fourth-order valence-corrected chi connectivity index (χ4v) is 2.10. The monoisotopic (exact) mass is 237 g/mol. The molecule has 1 heterocycles. The van der Waals surface area contributed by atoms with Gasteiger partial charge in [-0.2, -0.15) is 0 Å². The van der Waals surface area contributed by atoms with E-state index in [2.05, 4.69) is 17.9 Å². The van der Waals surface area contributed by atoms with Gasteiger partial charge < -0.3 is 15.5 Å². The molecule has 0 saturated carbocycles. The van der Waals surface area contributed by atoms with Gasteiger partial charge >= 0.3 is 0 Å². The third-order valence-electron chi connectivity index (χ3n) is 3.16. The van der Waals surface area contributed by atoms with E-state index in [1.54, 1.807) is 0 Å². The van der Waals surface area contributed by atoms with Crippen molar-refractivity contribution < 1.29 is 4.79 Å². The Balaban J connectivity index is 2.15. The van der Waals surface area contributed by atoms with Crippen LogP contribution in [0.25, 0.3) is 0 Å². The minimum atomic E-state index is 0.123. The summed E-state index contributed by atoms with van der Waals surface area (Å²) in [6.07, 6.45) is 7.90. The number of rotatable bonds is 7. The third kappa shape index (κ3) is 4.76. The summed E-state index contributed by atoms with van der Waals surface area (Å²) >= 11 is 0. The first-order chi connectivity index (χ1) is 8.17. The number of carbonyl (C=O) groups excluding carboxylic acids is 1. The number of terminal acetylenes is 1. The van der Waals surface area contributed by atoms with Gasteiger partial charge in [-0.15, -0.1) is 12.3 Å². The summed E-state index contributed by atoms with van der Waals surface area (Å²) in [6, 6.07) is 0. The summed E-state index contributed by atoms with van der Waals surface area (Å²) in [5.74, 6) is 2.99. The van der Waals surface area contributed by atoms with Crippen molar-refractivity contribution in [3.8, 4) is 12.3 Å². The molecule has 17 heavy (non-hydrogen) atoms. The number of amides is 1. The largest absolute Gasteiger partial charge is 0.341 e. The Morgan fingerprint density at radius 1 is 1.53 bits per heavy atom. The van der Waals surface area contributed by atoms with Crippen LogP contribution in [-0.2, 0) is 4.79 Å². The first-order valence-corrected chi connectivity index (χ1v) is 6.30. The number of likely N-dealkylation sites (tertiary alicyclic amines) is 1. The standard InChI is InChI=1S/C13H23N3O/c1-3-12-10-13(17)16(11-12)9-5-8-15(2)7-4-6-14/h1,12H,4-11,14H2,2H3. The maximum atomic E-state index is 11.6. The minimum Gasteiger partial charge on any atom is -0.341 e. The average molecular weight is 237 g/mol. The van der Waals surface area contributed by atoms with Crippen LogP contribution in [-0.4, -0.2) is 55.5 Å². The normalized spacial score (nSPS) is 20.0. The smallest absolute Gasteiger partial charge is 0.223 e. The van der Waals surface area contributed by atoms with E-state index in [0.717, 1.165) is 45.6 Å². The molecule has 1 amide bonds. The highest BCUT2D eigenvalue weighted by atomic mass is 16.2. The van der Waals surface area contributed by atoms with Gasteiger partial charge in [-0.3, -0.25) is 4.79 Å². The van der Waals surface area contributed by atoms with Gasteiger partial charge in [0, 0.05) is 25.4 Å².